The zero-order valence-corrected chi connectivity index (χ0v) is 27.7. The van der Waals surface area contributed by atoms with Gasteiger partial charge in [-0.1, -0.05) is 113 Å². The van der Waals surface area contributed by atoms with Crippen LogP contribution in [0.5, 0.6) is 11.5 Å². The molecule has 0 heterocycles. The number of hydrogen-bond acceptors (Lipinski definition) is 4. The summed E-state index contributed by atoms with van der Waals surface area (Å²) in [6.45, 7) is 25.9. The summed E-state index contributed by atoms with van der Waals surface area (Å²) in [5, 5.41) is 21.7. The molecule has 0 unspecified atom stereocenters. The van der Waals surface area contributed by atoms with E-state index in [4.69, 9.17) is 4.74 Å². The topological polar surface area (TPSA) is 83.8 Å². The van der Waals surface area contributed by atoms with Crippen LogP contribution in [0.25, 0.3) is 11.1 Å². The van der Waals surface area contributed by atoms with Gasteiger partial charge < -0.3 is 14.9 Å². The lowest BCUT2D eigenvalue weighted by atomic mass is 9.74. The summed E-state index contributed by atoms with van der Waals surface area (Å²) >= 11 is 0. The minimum atomic E-state index is -1.04. The van der Waals surface area contributed by atoms with E-state index in [0.717, 1.165) is 11.1 Å². The molecule has 0 aliphatic rings. The number of esters is 1. The van der Waals surface area contributed by atoms with Crippen LogP contribution in [0.4, 0.5) is 0 Å². The van der Waals surface area contributed by atoms with Gasteiger partial charge in [0.15, 0.2) is 0 Å². The van der Waals surface area contributed by atoms with Gasteiger partial charge in [-0.05, 0) is 52.3 Å². The van der Waals surface area contributed by atoms with Crippen molar-refractivity contribution in [2.75, 3.05) is 0 Å². The van der Waals surface area contributed by atoms with Gasteiger partial charge in [0, 0.05) is 27.8 Å². The van der Waals surface area contributed by atoms with Crippen molar-refractivity contribution in [2.45, 2.75) is 112 Å². The standard InChI is InChI=1S/C37H48O5/c1-21-15-14-16-22(17-21)28-24(32(39)40)20-27(36(8,9)10)31(29(28)37(11,12)13)42-33(41)23-18-25(34(2,3)4)30(38)26(19-23)35(5,6)7/h14-20,38H,1-13H3,(H,39,40). The van der Waals surface area contributed by atoms with Crippen LogP contribution in [0.3, 0.4) is 0 Å². The number of hydrogen-bond donors (Lipinski definition) is 2. The molecule has 0 saturated carbocycles. The molecule has 0 fully saturated rings. The lowest BCUT2D eigenvalue weighted by Gasteiger charge is -2.33. The Kier molecular flexibility index (Phi) is 8.55. The molecule has 3 aromatic rings. The molecule has 3 aromatic carbocycles. The van der Waals surface area contributed by atoms with E-state index in [9.17, 15) is 19.8 Å². The maximum Gasteiger partial charge on any atom is 0.343 e. The molecule has 0 bridgehead atoms. The van der Waals surface area contributed by atoms with Gasteiger partial charge in [-0.15, -0.1) is 0 Å². The Balaban J connectivity index is 2.45. The average molecular weight is 573 g/mol. The van der Waals surface area contributed by atoms with Crippen molar-refractivity contribution in [3.8, 4) is 22.6 Å². The predicted molar refractivity (Wildman–Crippen MR) is 171 cm³/mol. The van der Waals surface area contributed by atoms with Gasteiger partial charge in [0.2, 0.25) is 0 Å². The Morgan fingerprint density at radius 3 is 1.60 bits per heavy atom. The van der Waals surface area contributed by atoms with Crippen molar-refractivity contribution in [1.29, 1.82) is 0 Å². The minimum absolute atomic E-state index is 0.171. The van der Waals surface area contributed by atoms with Crippen molar-refractivity contribution in [3.05, 3.63) is 81.4 Å². The van der Waals surface area contributed by atoms with Crippen LogP contribution in [-0.4, -0.2) is 22.2 Å². The highest BCUT2D eigenvalue weighted by Crippen LogP contribution is 2.48. The van der Waals surface area contributed by atoms with Crippen LogP contribution in [0.1, 0.15) is 132 Å². The van der Waals surface area contributed by atoms with Crippen molar-refractivity contribution >= 4 is 11.9 Å². The van der Waals surface area contributed by atoms with E-state index >= 15 is 0 Å². The number of phenolic OH excluding ortho intramolecular Hbond substituents is 1. The lowest BCUT2D eigenvalue weighted by Crippen LogP contribution is -2.25. The van der Waals surface area contributed by atoms with Crippen LogP contribution in [-0.2, 0) is 21.7 Å². The van der Waals surface area contributed by atoms with Gasteiger partial charge in [0.25, 0.3) is 0 Å². The van der Waals surface area contributed by atoms with Crippen LogP contribution in [0.15, 0.2) is 42.5 Å². The number of rotatable bonds is 4. The largest absolute Gasteiger partial charge is 0.507 e. The molecule has 5 nitrogen and oxygen atoms in total. The fourth-order valence-corrected chi connectivity index (χ4v) is 5.36. The van der Waals surface area contributed by atoms with E-state index in [1.807, 2.05) is 114 Å². The zero-order valence-electron chi connectivity index (χ0n) is 27.7. The van der Waals surface area contributed by atoms with E-state index in [0.29, 0.717) is 39.1 Å². The van der Waals surface area contributed by atoms with Crippen molar-refractivity contribution in [3.63, 3.8) is 0 Å². The monoisotopic (exact) mass is 572 g/mol. The Bertz CT molecular complexity index is 1500. The van der Waals surface area contributed by atoms with Gasteiger partial charge in [-0.25, -0.2) is 9.59 Å². The number of aromatic carboxylic acids is 1. The molecule has 0 spiro atoms. The third-order valence-electron chi connectivity index (χ3n) is 7.53. The smallest absolute Gasteiger partial charge is 0.343 e. The summed E-state index contributed by atoms with van der Waals surface area (Å²) in [4.78, 5) is 26.9. The second-order valence-electron chi connectivity index (χ2n) is 15.5. The fraction of sp³-hybridized carbons (Fsp3) is 0.459. The Morgan fingerprint density at radius 1 is 0.690 bits per heavy atom. The van der Waals surface area contributed by atoms with Crippen LogP contribution in [0, 0.1) is 6.92 Å². The van der Waals surface area contributed by atoms with E-state index in [2.05, 4.69) is 0 Å². The van der Waals surface area contributed by atoms with Crippen LogP contribution in [0.2, 0.25) is 0 Å². The third-order valence-corrected chi connectivity index (χ3v) is 7.53. The summed E-state index contributed by atoms with van der Waals surface area (Å²) < 4.78 is 6.40. The van der Waals surface area contributed by atoms with Gasteiger partial charge in [-0.2, -0.15) is 0 Å². The number of aryl methyl sites for hydroxylation is 1. The SMILES string of the molecule is Cc1cccc(-c2c(C(=O)O)cc(C(C)(C)C)c(OC(=O)c3cc(C(C)(C)C)c(O)c(C(C)(C)C)c3)c2C(C)(C)C)c1. The Hall–Kier alpha value is -3.60. The number of aromatic hydroxyl groups is 1. The molecule has 0 aromatic heterocycles. The molecule has 0 radical (unpaired) electrons. The van der Waals surface area contributed by atoms with E-state index in [-0.39, 0.29) is 11.3 Å². The van der Waals surface area contributed by atoms with E-state index < -0.39 is 33.6 Å². The molecule has 0 amide bonds. The molecule has 42 heavy (non-hydrogen) atoms. The highest BCUT2D eigenvalue weighted by molar-refractivity contribution is 6.00. The molecule has 0 atom stereocenters. The van der Waals surface area contributed by atoms with E-state index in [1.54, 1.807) is 18.2 Å². The molecule has 226 valence electrons. The molecule has 0 aliphatic carbocycles. The lowest BCUT2D eigenvalue weighted by molar-refractivity contribution is 0.0697. The summed E-state index contributed by atoms with van der Waals surface area (Å²) in [6, 6.07) is 12.8. The van der Waals surface area contributed by atoms with Crippen molar-refractivity contribution < 1.29 is 24.5 Å². The number of carboxylic acids is 1. The summed E-state index contributed by atoms with van der Waals surface area (Å²) in [5.74, 6) is -1.03. The number of benzene rings is 3. The molecule has 5 heteroatoms. The maximum atomic E-state index is 14.1. The second kappa shape index (κ2) is 10.9. The molecular formula is C37H48O5. The average Bonchev–Trinajstić information content (AvgIpc) is 2.80. The first kappa shape index (κ1) is 32.9. The quantitative estimate of drug-likeness (QED) is 0.240. The molecular weight excluding hydrogens is 524 g/mol. The van der Waals surface area contributed by atoms with E-state index in [1.165, 1.54) is 0 Å². The number of ether oxygens (including phenoxy) is 1. The molecule has 0 saturated heterocycles. The number of carbonyl (C=O) groups excluding carboxylic acids is 1. The van der Waals surface area contributed by atoms with Gasteiger partial charge in [-0.3, -0.25) is 0 Å². The first-order valence-electron chi connectivity index (χ1n) is 14.6. The normalized spacial score (nSPS) is 12.8. The second-order valence-corrected chi connectivity index (χ2v) is 15.5. The van der Waals surface area contributed by atoms with Crippen LogP contribution < -0.4 is 4.74 Å². The number of carbonyl (C=O) groups is 2. The Morgan fingerprint density at radius 2 is 1.19 bits per heavy atom. The minimum Gasteiger partial charge on any atom is -0.507 e. The molecule has 0 aliphatic heterocycles. The summed E-state index contributed by atoms with van der Waals surface area (Å²) in [6.07, 6.45) is 0. The van der Waals surface area contributed by atoms with Crippen LogP contribution >= 0.6 is 0 Å². The maximum absolute atomic E-state index is 14.1. The number of carboxylic acid groups (broad SMARTS) is 1. The predicted octanol–water partition coefficient (Wildman–Crippen LogP) is 9.48. The van der Waals surface area contributed by atoms with Gasteiger partial charge in [0.1, 0.15) is 11.5 Å². The summed E-state index contributed by atoms with van der Waals surface area (Å²) in [5.41, 5.74) is 3.47. The molecule has 2 N–H and O–H groups in total. The fourth-order valence-electron chi connectivity index (χ4n) is 5.36. The first-order chi connectivity index (χ1) is 18.9. The number of phenols is 1. The van der Waals surface area contributed by atoms with Gasteiger partial charge >= 0.3 is 11.9 Å². The molecule has 3 rings (SSSR count). The first-order valence-corrected chi connectivity index (χ1v) is 14.6. The van der Waals surface area contributed by atoms with Gasteiger partial charge in [0.05, 0.1) is 11.1 Å². The zero-order chi connectivity index (χ0) is 32.2. The van der Waals surface area contributed by atoms with Crippen molar-refractivity contribution in [2.24, 2.45) is 0 Å². The highest BCUT2D eigenvalue weighted by Gasteiger charge is 2.36. The van der Waals surface area contributed by atoms with Crippen molar-refractivity contribution in [1.82, 2.24) is 0 Å². The summed E-state index contributed by atoms with van der Waals surface area (Å²) in [7, 11) is 0. The highest BCUT2D eigenvalue weighted by atomic mass is 16.5. The Labute approximate surface area is 252 Å². The third kappa shape index (κ3) is 6.72.